The average molecular weight is 535 g/mol. The van der Waals surface area contributed by atoms with Gasteiger partial charge in [-0.3, -0.25) is 4.79 Å². The van der Waals surface area contributed by atoms with Crippen LogP contribution < -0.4 is 16.0 Å². The molecule has 1 amide bonds. The Balaban J connectivity index is 0.00000353. The fourth-order valence-electron chi connectivity index (χ4n) is 4.83. The Bertz CT molecular complexity index is 1520. The van der Waals surface area contributed by atoms with Crippen LogP contribution in [0.2, 0.25) is 0 Å². The summed E-state index contributed by atoms with van der Waals surface area (Å²) >= 11 is 0. The molecule has 3 heterocycles. The minimum absolute atomic E-state index is 0. The lowest BCUT2D eigenvalue weighted by Crippen LogP contribution is -2.35. The second-order valence-electron chi connectivity index (χ2n) is 10.2. The third-order valence-corrected chi connectivity index (χ3v) is 7.16. The Morgan fingerprint density at radius 2 is 2.05 bits per heavy atom. The molecule has 2 aliphatic rings. The minimum Gasteiger partial charge on any atom is -0.348 e. The molecule has 0 atom stereocenters. The zero-order chi connectivity index (χ0) is 26.9. The molecule has 5 rings (SSSR count). The van der Waals surface area contributed by atoms with Gasteiger partial charge in [0.1, 0.15) is 17.2 Å². The van der Waals surface area contributed by atoms with Gasteiger partial charge in [-0.15, -0.1) is 6.58 Å². The molecule has 0 radical (unpaired) electrons. The Labute approximate surface area is 224 Å². The molecule has 11 heteroatoms. The van der Waals surface area contributed by atoms with Gasteiger partial charge in [0.25, 0.3) is 5.91 Å². The fraction of sp³-hybridized carbons (Fsp3) is 0.333. The molecular formula is C27H34N8O2S. The number of hydrogen-bond donors (Lipinski definition) is 3. The van der Waals surface area contributed by atoms with Crippen molar-refractivity contribution in [1.82, 2.24) is 25.2 Å². The molecule has 0 unspecified atom stereocenters. The molecule has 1 aliphatic carbocycles. The number of nitrogens with zero attached hydrogens (tertiary/aromatic N) is 5. The van der Waals surface area contributed by atoms with Crippen LogP contribution in [0.1, 0.15) is 35.8 Å². The molecule has 200 valence electrons. The van der Waals surface area contributed by atoms with Crippen molar-refractivity contribution >= 4 is 44.7 Å². The number of nitrogens with one attached hydrogen (secondary N) is 3. The molecule has 3 N–H and O–H groups in total. The zero-order valence-electron chi connectivity index (χ0n) is 21.8. The van der Waals surface area contributed by atoms with Crippen LogP contribution in [0.25, 0.3) is 0 Å². The monoisotopic (exact) mass is 534 g/mol. The molecule has 0 bridgehead atoms. The van der Waals surface area contributed by atoms with Crippen molar-refractivity contribution in [2.75, 3.05) is 43.3 Å². The summed E-state index contributed by atoms with van der Waals surface area (Å²) in [6.45, 7) is 5.96. The van der Waals surface area contributed by atoms with E-state index in [0.29, 0.717) is 29.5 Å². The maximum atomic E-state index is 12.8. The summed E-state index contributed by atoms with van der Waals surface area (Å²) in [4.78, 5) is 28.6. The normalized spacial score (nSPS) is 15.9. The SMILES string of the molecule is C=CCNC(=O)c1cnc(Nc2ccc3c(c2)CN(C)CC32CC2)nc1Nc1cccc(N=S(C)(C)=O)n1.[HH]. The molecule has 1 saturated carbocycles. The van der Waals surface area contributed by atoms with E-state index < -0.39 is 9.73 Å². The maximum Gasteiger partial charge on any atom is 0.256 e. The van der Waals surface area contributed by atoms with E-state index in [1.165, 1.54) is 30.2 Å². The van der Waals surface area contributed by atoms with Crippen LogP contribution >= 0.6 is 0 Å². The van der Waals surface area contributed by atoms with Gasteiger partial charge in [-0.1, -0.05) is 18.2 Å². The number of rotatable bonds is 8. The summed E-state index contributed by atoms with van der Waals surface area (Å²) in [7, 11) is -0.218. The highest BCUT2D eigenvalue weighted by atomic mass is 32.2. The second kappa shape index (κ2) is 10.1. The van der Waals surface area contributed by atoms with Gasteiger partial charge in [0.15, 0.2) is 5.82 Å². The number of carbonyl (C=O) groups excluding carboxylic acids is 1. The predicted molar refractivity (Wildman–Crippen MR) is 153 cm³/mol. The van der Waals surface area contributed by atoms with Crippen LogP contribution in [0.15, 0.2) is 59.6 Å². The molecule has 1 fully saturated rings. The number of benzene rings is 1. The molecule has 38 heavy (non-hydrogen) atoms. The fourth-order valence-corrected chi connectivity index (χ4v) is 5.38. The van der Waals surface area contributed by atoms with E-state index in [1.807, 2.05) is 0 Å². The average Bonchev–Trinajstić information content (AvgIpc) is 3.61. The van der Waals surface area contributed by atoms with Gasteiger partial charge in [-0.05, 0) is 55.3 Å². The Morgan fingerprint density at radius 1 is 1.24 bits per heavy atom. The first-order chi connectivity index (χ1) is 18.1. The molecule has 10 nitrogen and oxygen atoms in total. The highest BCUT2D eigenvalue weighted by Crippen LogP contribution is 2.52. The summed E-state index contributed by atoms with van der Waals surface area (Å²) < 4.78 is 16.3. The van der Waals surface area contributed by atoms with E-state index in [-0.39, 0.29) is 18.7 Å². The molecule has 3 aromatic rings. The van der Waals surface area contributed by atoms with Gasteiger partial charge in [-0.25, -0.2) is 14.2 Å². The van der Waals surface area contributed by atoms with E-state index in [9.17, 15) is 9.00 Å². The summed E-state index contributed by atoms with van der Waals surface area (Å²) in [6, 6.07) is 11.6. The number of likely N-dealkylation sites (N-methyl/N-ethyl adjacent to an activating group) is 1. The first-order valence-electron chi connectivity index (χ1n) is 12.4. The van der Waals surface area contributed by atoms with Crippen LogP contribution in [-0.4, -0.2) is 62.6 Å². The lowest BCUT2D eigenvalue weighted by atomic mass is 9.87. The number of amides is 1. The van der Waals surface area contributed by atoms with Crippen molar-refractivity contribution in [1.29, 1.82) is 0 Å². The lowest BCUT2D eigenvalue weighted by Gasteiger charge is -2.32. The van der Waals surface area contributed by atoms with Crippen molar-refractivity contribution in [3.63, 3.8) is 0 Å². The van der Waals surface area contributed by atoms with E-state index in [2.05, 4.69) is 72.0 Å². The summed E-state index contributed by atoms with van der Waals surface area (Å²) in [5.41, 5.74) is 4.19. The largest absolute Gasteiger partial charge is 0.348 e. The van der Waals surface area contributed by atoms with Gasteiger partial charge in [0.05, 0.1) is 0 Å². The van der Waals surface area contributed by atoms with Crippen LogP contribution in [-0.2, 0) is 21.7 Å². The number of aromatic nitrogens is 3. The van der Waals surface area contributed by atoms with E-state index in [0.717, 1.165) is 18.8 Å². The minimum atomic E-state index is -2.38. The van der Waals surface area contributed by atoms with Gasteiger partial charge in [-0.2, -0.15) is 9.35 Å². The molecule has 1 spiro atoms. The Hall–Kier alpha value is -3.83. The Morgan fingerprint density at radius 3 is 2.79 bits per heavy atom. The van der Waals surface area contributed by atoms with Crippen molar-refractivity contribution in [2.45, 2.75) is 24.8 Å². The topological polar surface area (TPSA) is 125 Å². The Kier molecular flexibility index (Phi) is 6.89. The molecular weight excluding hydrogens is 500 g/mol. The highest BCUT2D eigenvalue weighted by Gasteiger charge is 2.48. The standard InChI is InChI=1S/C27H32N8O2S.H2/c1-5-13-28-25(36)20-15-29-26(33-24(20)32-22-7-6-8-23(31-22)34-38(3,4)37)30-19-9-10-21-18(14-19)16-35(2)17-27(21)11-12-27;/h5-10,14-15H,1,11-13,16-17H2,2-4H3,(H,28,36)(H2,29,30,31,32,33);1H. The van der Waals surface area contributed by atoms with E-state index in [4.69, 9.17) is 0 Å². The first kappa shape index (κ1) is 25.8. The number of anilines is 4. The third kappa shape index (κ3) is 5.84. The van der Waals surface area contributed by atoms with Gasteiger partial charge in [0, 0.05) is 60.6 Å². The number of fused-ring (bicyclic) bond motifs is 2. The number of pyridine rings is 1. The van der Waals surface area contributed by atoms with Crippen LogP contribution in [0.3, 0.4) is 0 Å². The number of hydrogen-bond acceptors (Lipinski definition) is 9. The van der Waals surface area contributed by atoms with Crippen molar-refractivity contribution in [3.05, 3.63) is 71.9 Å². The van der Waals surface area contributed by atoms with Crippen LogP contribution in [0, 0.1) is 0 Å². The smallest absolute Gasteiger partial charge is 0.256 e. The summed E-state index contributed by atoms with van der Waals surface area (Å²) in [5.74, 6) is 0.990. The van der Waals surface area contributed by atoms with E-state index >= 15 is 0 Å². The molecule has 1 aliphatic heterocycles. The quantitative estimate of drug-likeness (QED) is 0.364. The molecule has 1 aromatic carbocycles. The third-order valence-electron chi connectivity index (χ3n) is 6.53. The van der Waals surface area contributed by atoms with Crippen LogP contribution in [0.5, 0.6) is 0 Å². The number of carbonyl (C=O) groups is 1. The van der Waals surface area contributed by atoms with Gasteiger partial charge >= 0.3 is 0 Å². The summed E-state index contributed by atoms with van der Waals surface area (Å²) in [5, 5.41) is 9.16. The zero-order valence-corrected chi connectivity index (χ0v) is 22.6. The van der Waals surface area contributed by atoms with Gasteiger partial charge in [0.2, 0.25) is 5.95 Å². The van der Waals surface area contributed by atoms with Crippen molar-refractivity contribution in [3.8, 4) is 0 Å². The maximum absolute atomic E-state index is 12.8. The molecule has 2 aromatic heterocycles. The van der Waals surface area contributed by atoms with Crippen molar-refractivity contribution < 1.29 is 10.4 Å². The summed E-state index contributed by atoms with van der Waals surface area (Å²) in [6.07, 6.45) is 8.63. The molecule has 0 saturated heterocycles. The highest BCUT2D eigenvalue weighted by molar-refractivity contribution is 7.92. The van der Waals surface area contributed by atoms with Gasteiger partial charge < -0.3 is 20.9 Å². The lowest BCUT2D eigenvalue weighted by molar-refractivity contribution is 0.0958. The van der Waals surface area contributed by atoms with Crippen LogP contribution in [0.4, 0.5) is 29.1 Å². The predicted octanol–water partition coefficient (Wildman–Crippen LogP) is 4.36. The first-order valence-corrected chi connectivity index (χ1v) is 14.7. The second-order valence-corrected chi connectivity index (χ2v) is 12.7. The van der Waals surface area contributed by atoms with Crippen molar-refractivity contribution in [2.24, 2.45) is 4.36 Å². The van der Waals surface area contributed by atoms with E-state index in [1.54, 1.807) is 36.8 Å².